The van der Waals surface area contributed by atoms with Crippen molar-refractivity contribution in [2.24, 2.45) is 0 Å². The number of para-hydroxylation sites is 2. The van der Waals surface area contributed by atoms with E-state index in [0.717, 1.165) is 28.1 Å². The monoisotopic (exact) mass is 334 g/mol. The maximum Gasteiger partial charge on any atom is 0.145 e. The van der Waals surface area contributed by atoms with Gasteiger partial charge in [-0.3, -0.25) is 4.57 Å². The van der Waals surface area contributed by atoms with Crippen molar-refractivity contribution in [2.45, 2.75) is 6.92 Å². The Morgan fingerprint density at radius 3 is 2.27 bits per heavy atom. The van der Waals surface area contributed by atoms with E-state index in [1.54, 1.807) is 0 Å². The van der Waals surface area contributed by atoms with Gasteiger partial charge in [0.05, 0.1) is 11.0 Å². The number of fused-ring (bicyclic) bond motifs is 2. The SMILES string of the molecule is Cc1ccc(-n2c(-c3ccc4ccccc4c3)nc3ccccc32)cc1. The second-order valence-electron chi connectivity index (χ2n) is 6.66. The molecule has 0 N–H and O–H groups in total. The van der Waals surface area contributed by atoms with Crippen LogP contribution in [0.3, 0.4) is 0 Å². The molecule has 0 fully saturated rings. The molecule has 1 aromatic heterocycles. The fourth-order valence-corrected chi connectivity index (χ4v) is 3.50. The number of aryl methyl sites for hydroxylation is 1. The molecule has 4 aromatic carbocycles. The third-order valence-electron chi connectivity index (χ3n) is 4.86. The van der Waals surface area contributed by atoms with Gasteiger partial charge in [-0.1, -0.05) is 66.2 Å². The summed E-state index contributed by atoms with van der Waals surface area (Å²) in [6.45, 7) is 2.11. The fraction of sp³-hybridized carbons (Fsp3) is 0.0417. The van der Waals surface area contributed by atoms with E-state index >= 15 is 0 Å². The van der Waals surface area contributed by atoms with Crippen LogP contribution < -0.4 is 0 Å². The zero-order valence-corrected chi connectivity index (χ0v) is 14.6. The first-order valence-electron chi connectivity index (χ1n) is 8.83. The molecule has 0 aliphatic carbocycles. The predicted molar refractivity (Wildman–Crippen MR) is 109 cm³/mol. The van der Waals surface area contributed by atoms with E-state index in [1.165, 1.54) is 16.3 Å². The van der Waals surface area contributed by atoms with Gasteiger partial charge in [0.1, 0.15) is 5.82 Å². The maximum absolute atomic E-state index is 4.95. The Kier molecular flexibility index (Phi) is 3.36. The van der Waals surface area contributed by atoms with Crippen molar-refractivity contribution in [3.05, 3.63) is 96.6 Å². The summed E-state index contributed by atoms with van der Waals surface area (Å²) in [6, 6.07) is 31.9. The molecule has 0 aliphatic rings. The summed E-state index contributed by atoms with van der Waals surface area (Å²) in [5.74, 6) is 0.973. The Balaban J connectivity index is 1.81. The molecular weight excluding hydrogens is 316 g/mol. The van der Waals surface area contributed by atoms with Crippen LogP contribution in [0.2, 0.25) is 0 Å². The highest BCUT2D eigenvalue weighted by Gasteiger charge is 2.14. The van der Waals surface area contributed by atoms with Gasteiger partial charge in [-0.25, -0.2) is 4.98 Å². The van der Waals surface area contributed by atoms with Crippen LogP contribution in [-0.2, 0) is 0 Å². The van der Waals surface area contributed by atoms with Crippen LogP contribution in [0.15, 0.2) is 91.0 Å². The van der Waals surface area contributed by atoms with Gasteiger partial charge in [0.15, 0.2) is 0 Å². The Morgan fingerprint density at radius 2 is 1.42 bits per heavy atom. The van der Waals surface area contributed by atoms with E-state index in [1.807, 2.05) is 6.07 Å². The normalized spacial score (nSPS) is 11.3. The van der Waals surface area contributed by atoms with Crippen LogP contribution in [0.4, 0.5) is 0 Å². The van der Waals surface area contributed by atoms with Crippen LogP contribution in [0.25, 0.3) is 38.9 Å². The van der Waals surface area contributed by atoms with Gasteiger partial charge < -0.3 is 0 Å². The number of nitrogens with zero attached hydrogens (tertiary/aromatic N) is 2. The third kappa shape index (κ3) is 2.39. The van der Waals surface area contributed by atoms with Gasteiger partial charge in [-0.05, 0) is 48.0 Å². The molecule has 0 radical (unpaired) electrons. The van der Waals surface area contributed by atoms with Gasteiger partial charge in [-0.2, -0.15) is 0 Å². The fourth-order valence-electron chi connectivity index (χ4n) is 3.50. The van der Waals surface area contributed by atoms with Crippen molar-refractivity contribution >= 4 is 21.8 Å². The molecule has 1 heterocycles. The van der Waals surface area contributed by atoms with Gasteiger partial charge in [-0.15, -0.1) is 0 Å². The van der Waals surface area contributed by atoms with Crippen molar-refractivity contribution in [1.29, 1.82) is 0 Å². The standard InChI is InChI=1S/C24H18N2/c1-17-10-14-21(15-11-17)26-23-9-5-4-8-22(23)25-24(26)20-13-12-18-6-2-3-7-19(18)16-20/h2-16H,1H3. The van der Waals surface area contributed by atoms with Crippen molar-refractivity contribution in [1.82, 2.24) is 9.55 Å². The smallest absolute Gasteiger partial charge is 0.145 e. The van der Waals surface area contributed by atoms with Crippen LogP contribution in [-0.4, -0.2) is 9.55 Å². The van der Waals surface area contributed by atoms with Crippen LogP contribution >= 0.6 is 0 Å². The highest BCUT2D eigenvalue weighted by molar-refractivity contribution is 5.89. The number of hydrogen-bond donors (Lipinski definition) is 0. The minimum atomic E-state index is 0.973. The van der Waals surface area contributed by atoms with Crippen molar-refractivity contribution in [2.75, 3.05) is 0 Å². The molecular formula is C24H18N2. The van der Waals surface area contributed by atoms with Crippen molar-refractivity contribution in [3.8, 4) is 17.1 Å². The second-order valence-corrected chi connectivity index (χ2v) is 6.66. The minimum absolute atomic E-state index is 0.973. The molecule has 0 amide bonds. The lowest BCUT2D eigenvalue weighted by atomic mass is 10.1. The van der Waals surface area contributed by atoms with E-state index in [-0.39, 0.29) is 0 Å². The van der Waals surface area contributed by atoms with Crippen molar-refractivity contribution < 1.29 is 0 Å². The summed E-state index contributed by atoms with van der Waals surface area (Å²) >= 11 is 0. The molecule has 0 spiro atoms. The van der Waals surface area contributed by atoms with Crippen LogP contribution in [0.1, 0.15) is 5.56 Å². The van der Waals surface area contributed by atoms with Gasteiger partial charge in [0.2, 0.25) is 0 Å². The maximum atomic E-state index is 4.95. The van der Waals surface area contributed by atoms with Gasteiger partial charge in [0.25, 0.3) is 0 Å². The molecule has 26 heavy (non-hydrogen) atoms. The molecule has 5 rings (SSSR count). The quantitative estimate of drug-likeness (QED) is 0.378. The van der Waals surface area contributed by atoms with E-state index in [2.05, 4.69) is 96.4 Å². The number of rotatable bonds is 2. The van der Waals surface area contributed by atoms with E-state index in [0.29, 0.717) is 0 Å². The summed E-state index contributed by atoms with van der Waals surface area (Å²) < 4.78 is 2.25. The first-order valence-corrected chi connectivity index (χ1v) is 8.83. The Labute approximate surface area is 152 Å². The third-order valence-corrected chi connectivity index (χ3v) is 4.86. The largest absolute Gasteiger partial charge is 0.292 e. The second kappa shape index (κ2) is 5.85. The molecule has 0 saturated carbocycles. The molecule has 0 saturated heterocycles. The van der Waals surface area contributed by atoms with Crippen molar-refractivity contribution in [3.63, 3.8) is 0 Å². The lowest BCUT2D eigenvalue weighted by Gasteiger charge is -2.10. The molecule has 2 nitrogen and oxygen atoms in total. The highest BCUT2D eigenvalue weighted by atomic mass is 15.1. The summed E-state index contributed by atoms with van der Waals surface area (Å²) in [6.07, 6.45) is 0. The van der Waals surface area contributed by atoms with Crippen LogP contribution in [0.5, 0.6) is 0 Å². The average Bonchev–Trinajstić information content (AvgIpc) is 3.08. The Bertz CT molecular complexity index is 1230. The Morgan fingerprint density at radius 1 is 0.692 bits per heavy atom. The summed E-state index contributed by atoms with van der Waals surface area (Å²) in [5.41, 5.74) is 5.65. The molecule has 124 valence electrons. The van der Waals surface area contributed by atoms with E-state index in [4.69, 9.17) is 4.98 Å². The minimum Gasteiger partial charge on any atom is -0.292 e. The van der Waals surface area contributed by atoms with Gasteiger partial charge in [0, 0.05) is 11.3 Å². The number of aromatic nitrogens is 2. The molecule has 0 unspecified atom stereocenters. The average molecular weight is 334 g/mol. The summed E-state index contributed by atoms with van der Waals surface area (Å²) in [4.78, 5) is 4.95. The van der Waals surface area contributed by atoms with Gasteiger partial charge >= 0.3 is 0 Å². The van der Waals surface area contributed by atoms with E-state index < -0.39 is 0 Å². The molecule has 2 heteroatoms. The number of imidazole rings is 1. The molecule has 0 bridgehead atoms. The highest BCUT2D eigenvalue weighted by Crippen LogP contribution is 2.30. The van der Waals surface area contributed by atoms with E-state index in [9.17, 15) is 0 Å². The molecule has 0 atom stereocenters. The summed E-state index contributed by atoms with van der Waals surface area (Å²) in [5, 5.41) is 2.47. The zero-order chi connectivity index (χ0) is 17.5. The lowest BCUT2D eigenvalue weighted by molar-refractivity contribution is 1.10. The summed E-state index contributed by atoms with van der Waals surface area (Å²) in [7, 11) is 0. The topological polar surface area (TPSA) is 17.8 Å². The molecule has 0 aliphatic heterocycles. The number of benzene rings is 4. The Hall–Kier alpha value is -3.39. The molecule has 5 aromatic rings. The predicted octanol–water partition coefficient (Wildman–Crippen LogP) is 6.15. The zero-order valence-electron chi connectivity index (χ0n) is 14.6. The van der Waals surface area contributed by atoms with Crippen LogP contribution in [0, 0.1) is 6.92 Å². The first kappa shape index (κ1) is 14.9. The first-order chi connectivity index (χ1) is 12.8. The number of hydrogen-bond acceptors (Lipinski definition) is 1. The lowest BCUT2D eigenvalue weighted by Crippen LogP contribution is -1.97.